The normalized spacial score (nSPS) is 11.5. The maximum atomic E-state index is 12.6. The number of amides is 1. The molecule has 8 heteroatoms. The Kier molecular flexibility index (Phi) is 8.05. The van der Waals surface area contributed by atoms with Crippen molar-refractivity contribution in [3.05, 3.63) is 76.7 Å². The van der Waals surface area contributed by atoms with E-state index in [0.29, 0.717) is 41.1 Å². The number of nitrogens with one attached hydrogen (secondary N) is 1. The van der Waals surface area contributed by atoms with E-state index in [4.69, 9.17) is 26.5 Å². The number of hydrogen-bond acceptors (Lipinski definition) is 4. The van der Waals surface area contributed by atoms with Gasteiger partial charge < -0.3 is 20.2 Å². The van der Waals surface area contributed by atoms with Crippen LogP contribution in [0, 0.1) is 5.92 Å². The summed E-state index contributed by atoms with van der Waals surface area (Å²) in [4.78, 5) is 20.4. The number of furan rings is 1. The van der Waals surface area contributed by atoms with Crippen LogP contribution in [0.25, 0.3) is 0 Å². The molecule has 3 aromatic rings. The van der Waals surface area contributed by atoms with E-state index in [1.165, 1.54) is 6.34 Å². The quantitative estimate of drug-likeness (QED) is 0.332. The van der Waals surface area contributed by atoms with E-state index in [1.54, 1.807) is 42.5 Å². The second kappa shape index (κ2) is 11.2. The SMILES string of the molecule is CC(C)COc1ccc(Cl)cc1Cc1ccc(C(=O)Nc2ccc(N=CN=CN)cc2)o1. The lowest BCUT2D eigenvalue weighted by Gasteiger charge is -2.13. The lowest BCUT2D eigenvalue weighted by Crippen LogP contribution is -2.10. The highest BCUT2D eigenvalue weighted by Gasteiger charge is 2.14. The molecule has 32 heavy (non-hydrogen) atoms. The van der Waals surface area contributed by atoms with Crippen molar-refractivity contribution in [1.29, 1.82) is 0 Å². The van der Waals surface area contributed by atoms with Gasteiger partial charge in [-0.2, -0.15) is 0 Å². The van der Waals surface area contributed by atoms with Gasteiger partial charge in [0.05, 0.1) is 18.6 Å². The Balaban J connectivity index is 1.66. The van der Waals surface area contributed by atoms with E-state index in [9.17, 15) is 4.79 Å². The molecule has 0 atom stereocenters. The predicted octanol–water partition coefficient (Wildman–Crippen LogP) is 5.46. The Hall–Kier alpha value is -3.58. The number of anilines is 1. The Bertz CT molecular complexity index is 1100. The van der Waals surface area contributed by atoms with Crippen molar-refractivity contribution in [1.82, 2.24) is 0 Å². The number of ether oxygens (including phenoxy) is 1. The zero-order valence-corrected chi connectivity index (χ0v) is 18.7. The van der Waals surface area contributed by atoms with E-state index < -0.39 is 0 Å². The molecule has 7 nitrogen and oxygen atoms in total. The maximum absolute atomic E-state index is 12.6. The van der Waals surface area contributed by atoms with Gasteiger partial charge in [-0.3, -0.25) is 4.79 Å². The number of carbonyl (C=O) groups is 1. The van der Waals surface area contributed by atoms with Crippen molar-refractivity contribution >= 4 is 41.6 Å². The van der Waals surface area contributed by atoms with Gasteiger partial charge in [0.2, 0.25) is 0 Å². The van der Waals surface area contributed by atoms with Gasteiger partial charge >= 0.3 is 0 Å². The first-order chi connectivity index (χ1) is 15.4. The van der Waals surface area contributed by atoms with Crippen molar-refractivity contribution in [2.45, 2.75) is 20.3 Å². The first-order valence-electron chi connectivity index (χ1n) is 10.1. The molecular weight excluding hydrogens is 428 g/mol. The average molecular weight is 453 g/mol. The molecule has 0 aliphatic heterocycles. The van der Waals surface area contributed by atoms with Crippen molar-refractivity contribution in [3.63, 3.8) is 0 Å². The van der Waals surface area contributed by atoms with E-state index in [1.807, 2.05) is 12.1 Å². The van der Waals surface area contributed by atoms with Gasteiger partial charge in [0, 0.05) is 22.7 Å². The van der Waals surface area contributed by atoms with Crippen LogP contribution < -0.4 is 15.8 Å². The molecule has 3 rings (SSSR count). The van der Waals surface area contributed by atoms with Crippen LogP contribution in [0.4, 0.5) is 11.4 Å². The third-order valence-corrected chi connectivity index (χ3v) is 4.56. The summed E-state index contributed by atoms with van der Waals surface area (Å²) in [6.07, 6.45) is 2.96. The third kappa shape index (κ3) is 6.72. The molecule has 3 N–H and O–H groups in total. The summed E-state index contributed by atoms with van der Waals surface area (Å²) in [6.45, 7) is 4.78. The summed E-state index contributed by atoms with van der Waals surface area (Å²) in [5.41, 5.74) is 7.36. The second-order valence-electron chi connectivity index (χ2n) is 7.44. The molecule has 166 valence electrons. The summed E-state index contributed by atoms with van der Waals surface area (Å²) in [5, 5.41) is 3.42. The van der Waals surface area contributed by atoms with E-state index in [2.05, 4.69) is 29.1 Å². The van der Waals surface area contributed by atoms with Crippen molar-refractivity contribution in [3.8, 4) is 5.75 Å². The van der Waals surface area contributed by atoms with Crippen LogP contribution in [0.15, 0.2) is 69.0 Å². The molecule has 1 heterocycles. The highest BCUT2D eigenvalue weighted by Crippen LogP contribution is 2.27. The molecule has 0 saturated carbocycles. The zero-order chi connectivity index (χ0) is 22.9. The van der Waals surface area contributed by atoms with Crippen LogP contribution in [-0.4, -0.2) is 25.2 Å². The lowest BCUT2D eigenvalue weighted by molar-refractivity contribution is 0.0995. The number of carbonyl (C=O) groups excluding carboxylic acids is 1. The highest BCUT2D eigenvalue weighted by atomic mass is 35.5. The number of benzene rings is 2. The Morgan fingerprint density at radius 2 is 1.97 bits per heavy atom. The average Bonchev–Trinajstić information content (AvgIpc) is 3.23. The highest BCUT2D eigenvalue weighted by molar-refractivity contribution is 6.30. The monoisotopic (exact) mass is 452 g/mol. The fraction of sp³-hybridized carbons (Fsp3) is 0.208. The molecule has 0 spiro atoms. The van der Waals surface area contributed by atoms with Crippen LogP contribution in [0.5, 0.6) is 5.75 Å². The first-order valence-corrected chi connectivity index (χ1v) is 10.5. The topological polar surface area (TPSA) is 102 Å². The number of nitrogens with two attached hydrogens (primary N) is 1. The number of halogens is 1. The van der Waals surface area contributed by atoms with Crippen LogP contribution in [0.3, 0.4) is 0 Å². The molecule has 0 bridgehead atoms. The van der Waals surface area contributed by atoms with E-state index in [-0.39, 0.29) is 11.7 Å². The summed E-state index contributed by atoms with van der Waals surface area (Å²) in [6, 6.07) is 15.9. The molecule has 0 unspecified atom stereocenters. The standard InChI is InChI=1S/C24H25ClN4O3/c1-16(2)13-31-22-9-3-18(25)11-17(22)12-21-8-10-23(32-21)24(30)29-20-6-4-19(5-7-20)28-15-27-14-26/h3-11,14-16H,12-13H2,1-2H3,(H,29,30)(H2,26,27,28). The fourth-order valence-corrected chi connectivity index (χ4v) is 3.02. The number of aliphatic imine (C=N–C) groups is 2. The van der Waals surface area contributed by atoms with Crippen molar-refractivity contribution in [2.24, 2.45) is 21.6 Å². The molecular formula is C24H25ClN4O3. The van der Waals surface area contributed by atoms with Gasteiger partial charge in [0.15, 0.2) is 5.76 Å². The third-order valence-electron chi connectivity index (χ3n) is 4.33. The van der Waals surface area contributed by atoms with E-state index >= 15 is 0 Å². The van der Waals surface area contributed by atoms with Crippen LogP contribution in [0.1, 0.15) is 35.7 Å². The minimum Gasteiger partial charge on any atom is -0.493 e. The van der Waals surface area contributed by atoms with Gasteiger partial charge in [-0.1, -0.05) is 25.4 Å². The largest absolute Gasteiger partial charge is 0.493 e. The molecule has 0 aliphatic carbocycles. The second-order valence-corrected chi connectivity index (χ2v) is 7.88. The van der Waals surface area contributed by atoms with Crippen molar-refractivity contribution in [2.75, 3.05) is 11.9 Å². The summed E-state index contributed by atoms with van der Waals surface area (Å²) in [7, 11) is 0. The Morgan fingerprint density at radius 1 is 1.19 bits per heavy atom. The zero-order valence-electron chi connectivity index (χ0n) is 17.9. The molecule has 0 aliphatic rings. The summed E-state index contributed by atoms with van der Waals surface area (Å²) in [5.74, 6) is 1.66. The van der Waals surface area contributed by atoms with Gasteiger partial charge in [0.1, 0.15) is 17.8 Å². The van der Waals surface area contributed by atoms with Crippen LogP contribution in [0.2, 0.25) is 5.02 Å². The summed E-state index contributed by atoms with van der Waals surface area (Å²) >= 11 is 6.17. The van der Waals surface area contributed by atoms with Gasteiger partial charge in [0.25, 0.3) is 5.91 Å². The van der Waals surface area contributed by atoms with Crippen LogP contribution >= 0.6 is 11.6 Å². The van der Waals surface area contributed by atoms with Gasteiger partial charge in [-0.05, 0) is 60.5 Å². The Morgan fingerprint density at radius 3 is 2.69 bits per heavy atom. The summed E-state index contributed by atoms with van der Waals surface area (Å²) < 4.78 is 11.7. The fourth-order valence-electron chi connectivity index (χ4n) is 2.83. The first kappa shape index (κ1) is 23.1. The molecule has 2 aromatic carbocycles. The molecule has 1 aromatic heterocycles. The predicted molar refractivity (Wildman–Crippen MR) is 129 cm³/mol. The number of nitrogens with zero attached hydrogens (tertiary/aromatic N) is 2. The lowest BCUT2D eigenvalue weighted by atomic mass is 10.1. The minimum atomic E-state index is -0.345. The number of rotatable bonds is 9. The number of hydrogen-bond donors (Lipinski definition) is 2. The van der Waals surface area contributed by atoms with Gasteiger partial charge in [-0.15, -0.1) is 0 Å². The smallest absolute Gasteiger partial charge is 0.291 e. The molecule has 0 fully saturated rings. The van der Waals surface area contributed by atoms with E-state index in [0.717, 1.165) is 17.7 Å². The Labute approximate surface area is 192 Å². The maximum Gasteiger partial charge on any atom is 0.291 e. The minimum absolute atomic E-state index is 0.214. The molecule has 0 radical (unpaired) electrons. The van der Waals surface area contributed by atoms with Crippen LogP contribution in [-0.2, 0) is 6.42 Å². The molecule has 0 saturated heterocycles. The van der Waals surface area contributed by atoms with Gasteiger partial charge in [-0.25, -0.2) is 9.98 Å². The molecule has 1 amide bonds. The van der Waals surface area contributed by atoms with Crippen molar-refractivity contribution < 1.29 is 13.9 Å².